The fourth-order valence-corrected chi connectivity index (χ4v) is 4.82. The van der Waals surface area contributed by atoms with Gasteiger partial charge in [-0.05, 0) is 87.5 Å². The molecule has 4 rings (SSSR count). The van der Waals surface area contributed by atoms with Gasteiger partial charge < -0.3 is 10.2 Å². The van der Waals surface area contributed by atoms with Gasteiger partial charge in [-0.25, -0.2) is 9.97 Å². The van der Waals surface area contributed by atoms with Gasteiger partial charge in [0.25, 0.3) is 0 Å². The lowest BCUT2D eigenvalue weighted by atomic mass is 9.89. The maximum Gasteiger partial charge on any atom is 0.419 e. The van der Waals surface area contributed by atoms with E-state index in [1.54, 1.807) is 18.3 Å². The molecule has 0 spiro atoms. The van der Waals surface area contributed by atoms with Gasteiger partial charge in [0.05, 0.1) is 11.3 Å². The first kappa shape index (κ1) is 26.7. The summed E-state index contributed by atoms with van der Waals surface area (Å²) in [7, 11) is 0. The monoisotopic (exact) mass is 511 g/mol. The lowest BCUT2D eigenvalue weighted by Gasteiger charge is -2.31. The van der Waals surface area contributed by atoms with Crippen LogP contribution in [0.3, 0.4) is 0 Å². The van der Waals surface area contributed by atoms with Crippen LogP contribution in [0, 0.1) is 0 Å². The van der Waals surface area contributed by atoms with Crippen LogP contribution in [0.25, 0.3) is 0 Å². The van der Waals surface area contributed by atoms with Gasteiger partial charge in [-0.1, -0.05) is 25.1 Å². The van der Waals surface area contributed by atoms with Crippen LogP contribution in [0.2, 0.25) is 0 Å². The van der Waals surface area contributed by atoms with Gasteiger partial charge in [0, 0.05) is 30.2 Å². The average Bonchev–Trinajstić information content (AvgIpc) is 2.88. The highest BCUT2D eigenvalue weighted by Crippen LogP contribution is 2.33. The number of piperidine rings is 1. The number of ketones is 1. The van der Waals surface area contributed by atoms with Gasteiger partial charge in [-0.2, -0.15) is 13.2 Å². The van der Waals surface area contributed by atoms with Gasteiger partial charge in [0.1, 0.15) is 5.78 Å². The third kappa shape index (κ3) is 7.13. The van der Waals surface area contributed by atoms with Crippen LogP contribution in [-0.2, 0) is 30.2 Å². The SMILES string of the molecule is CCN1CCC(c2ccc(Nc3ncc(C(F)(F)F)c(CCc4ncccc4CC(C)=O)n3)cc2)CC1. The van der Waals surface area contributed by atoms with Gasteiger partial charge in [-0.3, -0.25) is 9.78 Å². The van der Waals surface area contributed by atoms with E-state index < -0.39 is 11.7 Å². The van der Waals surface area contributed by atoms with E-state index in [1.165, 1.54) is 12.5 Å². The summed E-state index contributed by atoms with van der Waals surface area (Å²) >= 11 is 0. The zero-order valence-electron chi connectivity index (χ0n) is 21.2. The van der Waals surface area contributed by atoms with Crippen molar-refractivity contribution in [2.45, 2.75) is 58.0 Å². The molecule has 3 heterocycles. The first-order valence-electron chi connectivity index (χ1n) is 12.7. The molecule has 1 saturated heterocycles. The molecule has 0 aliphatic carbocycles. The van der Waals surface area contributed by atoms with Crippen LogP contribution in [0.1, 0.15) is 60.7 Å². The first-order valence-corrected chi connectivity index (χ1v) is 12.7. The topological polar surface area (TPSA) is 71.0 Å². The molecule has 2 aromatic heterocycles. The molecule has 9 heteroatoms. The van der Waals surface area contributed by atoms with Crippen molar-refractivity contribution >= 4 is 17.4 Å². The Hall–Kier alpha value is -3.33. The molecule has 0 radical (unpaired) electrons. The Labute approximate surface area is 215 Å². The van der Waals surface area contributed by atoms with Crippen LogP contribution in [0.15, 0.2) is 48.8 Å². The number of halogens is 3. The molecule has 196 valence electrons. The number of nitrogens with one attached hydrogen (secondary N) is 1. The van der Waals surface area contributed by atoms with E-state index >= 15 is 0 Å². The molecule has 6 nitrogen and oxygen atoms in total. The minimum Gasteiger partial charge on any atom is -0.324 e. The highest BCUT2D eigenvalue weighted by molar-refractivity contribution is 5.78. The molecule has 0 amide bonds. The molecule has 3 aromatic rings. The smallest absolute Gasteiger partial charge is 0.324 e. The second kappa shape index (κ2) is 11.8. The van der Waals surface area contributed by atoms with E-state index in [0.29, 0.717) is 17.3 Å². The van der Waals surface area contributed by atoms with Gasteiger partial charge in [0.15, 0.2) is 0 Å². The molecule has 0 saturated carbocycles. The Balaban J connectivity index is 1.48. The summed E-state index contributed by atoms with van der Waals surface area (Å²) in [5, 5.41) is 3.05. The maximum atomic E-state index is 13.7. The summed E-state index contributed by atoms with van der Waals surface area (Å²) in [6.45, 7) is 6.92. The van der Waals surface area contributed by atoms with Crippen LogP contribution < -0.4 is 5.32 Å². The molecule has 1 N–H and O–H groups in total. The Morgan fingerprint density at radius 2 is 1.76 bits per heavy atom. The number of hydrogen-bond donors (Lipinski definition) is 1. The van der Waals surface area contributed by atoms with Crippen LogP contribution >= 0.6 is 0 Å². The van der Waals surface area contributed by atoms with Gasteiger partial charge >= 0.3 is 6.18 Å². The van der Waals surface area contributed by atoms with Crippen molar-refractivity contribution in [3.8, 4) is 0 Å². The highest BCUT2D eigenvalue weighted by atomic mass is 19.4. The number of likely N-dealkylation sites (tertiary alicyclic amines) is 1. The fourth-order valence-electron chi connectivity index (χ4n) is 4.82. The van der Waals surface area contributed by atoms with Crippen LogP contribution in [-0.4, -0.2) is 45.3 Å². The second-order valence-corrected chi connectivity index (χ2v) is 9.50. The lowest BCUT2D eigenvalue weighted by Crippen LogP contribution is -2.32. The highest BCUT2D eigenvalue weighted by Gasteiger charge is 2.35. The van der Waals surface area contributed by atoms with Crippen molar-refractivity contribution in [2.24, 2.45) is 0 Å². The summed E-state index contributed by atoms with van der Waals surface area (Å²) in [6.07, 6.45) is 0.516. The Bertz CT molecular complexity index is 1210. The number of carbonyl (C=O) groups is 1. The zero-order valence-corrected chi connectivity index (χ0v) is 21.2. The molecular weight excluding hydrogens is 479 g/mol. The van der Waals surface area contributed by atoms with E-state index in [9.17, 15) is 18.0 Å². The predicted molar refractivity (Wildman–Crippen MR) is 137 cm³/mol. The zero-order chi connectivity index (χ0) is 26.4. The predicted octanol–water partition coefficient (Wildman–Crippen LogP) is 5.75. The summed E-state index contributed by atoms with van der Waals surface area (Å²) in [4.78, 5) is 26.5. The fraction of sp³-hybridized carbons (Fsp3) is 0.429. The molecule has 1 aromatic carbocycles. The van der Waals surface area contributed by atoms with E-state index in [2.05, 4.69) is 44.2 Å². The van der Waals surface area contributed by atoms with Crippen molar-refractivity contribution in [1.29, 1.82) is 0 Å². The molecule has 0 bridgehead atoms. The molecule has 1 fully saturated rings. The van der Waals surface area contributed by atoms with E-state index in [-0.39, 0.29) is 36.7 Å². The van der Waals surface area contributed by atoms with Crippen molar-refractivity contribution in [1.82, 2.24) is 19.9 Å². The van der Waals surface area contributed by atoms with E-state index in [0.717, 1.165) is 44.2 Å². The third-order valence-corrected chi connectivity index (χ3v) is 6.87. The number of aromatic nitrogens is 3. The number of benzene rings is 1. The number of anilines is 2. The number of hydrogen-bond acceptors (Lipinski definition) is 6. The molecule has 1 aliphatic heterocycles. The van der Waals surface area contributed by atoms with Crippen molar-refractivity contribution in [3.05, 3.63) is 76.9 Å². The van der Waals surface area contributed by atoms with Crippen molar-refractivity contribution in [2.75, 3.05) is 25.0 Å². The Kier molecular flexibility index (Phi) is 8.53. The molecule has 0 atom stereocenters. The molecule has 37 heavy (non-hydrogen) atoms. The number of nitrogens with zero attached hydrogens (tertiary/aromatic N) is 4. The quantitative estimate of drug-likeness (QED) is 0.395. The van der Waals surface area contributed by atoms with Crippen LogP contribution in [0.5, 0.6) is 0 Å². The van der Waals surface area contributed by atoms with Gasteiger partial charge in [0.2, 0.25) is 5.95 Å². The first-order chi connectivity index (χ1) is 17.7. The van der Waals surface area contributed by atoms with E-state index in [1.807, 2.05) is 12.1 Å². The number of rotatable bonds is 9. The summed E-state index contributed by atoms with van der Waals surface area (Å²) in [6, 6.07) is 11.5. The molecule has 0 unspecified atom stereocenters. The number of alkyl halides is 3. The number of Topliss-reactive ketones (excluding diaryl/α,β-unsaturated/α-hetero) is 1. The minimum atomic E-state index is -4.57. The number of carbonyl (C=O) groups excluding carboxylic acids is 1. The maximum absolute atomic E-state index is 13.7. The summed E-state index contributed by atoms with van der Waals surface area (Å²) in [5.74, 6) is 0.596. The Morgan fingerprint density at radius 3 is 2.41 bits per heavy atom. The average molecular weight is 512 g/mol. The molecule has 1 aliphatic rings. The normalized spacial score (nSPS) is 15.1. The lowest BCUT2D eigenvalue weighted by molar-refractivity contribution is -0.138. The van der Waals surface area contributed by atoms with Crippen molar-refractivity contribution < 1.29 is 18.0 Å². The summed E-state index contributed by atoms with van der Waals surface area (Å²) < 4.78 is 41.1. The third-order valence-electron chi connectivity index (χ3n) is 6.87. The second-order valence-electron chi connectivity index (χ2n) is 9.50. The van der Waals surface area contributed by atoms with Gasteiger partial charge in [-0.15, -0.1) is 0 Å². The molecular formula is C28H32F3N5O. The minimum absolute atomic E-state index is 0.0172. The van der Waals surface area contributed by atoms with Crippen LogP contribution in [0.4, 0.5) is 24.8 Å². The number of aryl methyl sites for hydroxylation is 2. The summed E-state index contributed by atoms with van der Waals surface area (Å²) in [5.41, 5.74) is 2.33. The largest absolute Gasteiger partial charge is 0.419 e. The number of pyridine rings is 1. The van der Waals surface area contributed by atoms with E-state index in [4.69, 9.17) is 0 Å². The Morgan fingerprint density at radius 1 is 1.05 bits per heavy atom. The van der Waals surface area contributed by atoms with Crippen molar-refractivity contribution in [3.63, 3.8) is 0 Å². The standard InChI is InChI=1S/C28H32F3N5O/c1-3-36-15-12-21(13-16-36)20-6-8-23(9-7-20)34-27-33-18-24(28(29,30)31)26(35-27)11-10-25-22(17-19(2)37)5-4-14-32-25/h4-9,14,18,21H,3,10-13,15-17H2,1-2H3,(H,33,34,35).